The molecule has 1 saturated heterocycles. The largest absolute Gasteiger partial charge is 0.382 e. The minimum atomic E-state index is -1.05. The Bertz CT molecular complexity index is 391. The van der Waals surface area contributed by atoms with Gasteiger partial charge in [-0.15, -0.1) is 0 Å². The normalized spacial score (nSPS) is 27.8. The number of nitrogens with zero attached hydrogens (tertiary/aromatic N) is 1. The second kappa shape index (κ2) is 5.33. The van der Waals surface area contributed by atoms with Crippen LogP contribution in [0.1, 0.15) is 38.8 Å². The summed E-state index contributed by atoms with van der Waals surface area (Å²) in [6.07, 6.45) is 4.37. The van der Waals surface area contributed by atoms with Crippen LogP contribution in [0.2, 0.25) is 0 Å². The third-order valence-corrected chi connectivity index (χ3v) is 4.01. The summed E-state index contributed by atoms with van der Waals surface area (Å²) in [6.45, 7) is 4.85. The molecule has 2 rings (SSSR count). The lowest BCUT2D eigenvalue weighted by atomic mass is 9.81. The molecule has 0 spiro atoms. The summed E-state index contributed by atoms with van der Waals surface area (Å²) in [7, 11) is 0. The van der Waals surface area contributed by atoms with Gasteiger partial charge in [-0.25, -0.2) is 4.39 Å². The van der Waals surface area contributed by atoms with Crippen LogP contribution in [0.15, 0.2) is 18.3 Å². The summed E-state index contributed by atoms with van der Waals surface area (Å²) in [5.74, 6) is 0.265. The topological polar surface area (TPSA) is 45.1 Å². The van der Waals surface area contributed by atoms with E-state index in [-0.39, 0.29) is 11.9 Å². The molecule has 4 heteroatoms. The molecule has 18 heavy (non-hydrogen) atoms. The molecule has 2 heterocycles. The standard InChI is InChI=1S/C14H21FN2O/c1-3-10-6-7-16-13(8-10)14(2,18)12-5-4-11(15)9-17-12/h4-5,9-10,13,16,18H,3,6-8H2,1-2H3. The van der Waals surface area contributed by atoms with Gasteiger partial charge < -0.3 is 10.4 Å². The van der Waals surface area contributed by atoms with Crippen LogP contribution >= 0.6 is 0 Å². The lowest BCUT2D eigenvalue weighted by molar-refractivity contribution is -0.00684. The van der Waals surface area contributed by atoms with Crippen molar-refractivity contribution in [1.29, 1.82) is 0 Å². The molecule has 1 aromatic heterocycles. The Balaban J connectivity index is 2.16. The smallest absolute Gasteiger partial charge is 0.141 e. The second-order valence-corrected chi connectivity index (χ2v) is 5.31. The van der Waals surface area contributed by atoms with Crippen molar-refractivity contribution in [2.75, 3.05) is 6.54 Å². The number of nitrogens with one attached hydrogen (secondary N) is 1. The Hall–Kier alpha value is -1.00. The van der Waals surface area contributed by atoms with Gasteiger partial charge in [-0.3, -0.25) is 4.98 Å². The van der Waals surface area contributed by atoms with Gasteiger partial charge in [-0.2, -0.15) is 0 Å². The quantitative estimate of drug-likeness (QED) is 0.867. The average molecular weight is 252 g/mol. The van der Waals surface area contributed by atoms with Crippen LogP contribution in [0.3, 0.4) is 0 Å². The molecule has 0 amide bonds. The maximum absolute atomic E-state index is 12.9. The van der Waals surface area contributed by atoms with Crippen molar-refractivity contribution in [3.8, 4) is 0 Å². The molecule has 0 aromatic carbocycles. The second-order valence-electron chi connectivity index (χ2n) is 5.31. The first-order valence-corrected chi connectivity index (χ1v) is 6.61. The van der Waals surface area contributed by atoms with Gasteiger partial charge in [-0.1, -0.05) is 13.3 Å². The average Bonchev–Trinajstić information content (AvgIpc) is 2.39. The van der Waals surface area contributed by atoms with Crippen molar-refractivity contribution < 1.29 is 9.50 Å². The number of piperidine rings is 1. The molecule has 3 atom stereocenters. The zero-order valence-corrected chi connectivity index (χ0v) is 11.0. The molecule has 3 nitrogen and oxygen atoms in total. The van der Waals surface area contributed by atoms with Crippen molar-refractivity contribution in [2.24, 2.45) is 5.92 Å². The highest BCUT2D eigenvalue weighted by atomic mass is 19.1. The van der Waals surface area contributed by atoms with Crippen molar-refractivity contribution in [2.45, 2.75) is 44.8 Å². The highest BCUT2D eigenvalue weighted by Crippen LogP contribution is 2.31. The van der Waals surface area contributed by atoms with Gasteiger partial charge in [0.15, 0.2) is 0 Å². The Morgan fingerprint density at radius 1 is 1.56 bits per heavy atom. The van der Waals surface area contributed by atoms with Crippen LogP contribution in [-0.2, 0) is 5.60 Å². The molecular formula is C14H21FN2O. The SMILES string of the molecule is CCC1CCNC(C(C)(O)c2ccc(F)cn2)C1. The minimum Gasteiger partial charge on any atom is -0.382 e. The van der Waals surface area contributed by atoms with Gasteiger partial charge in [0, 0.05) is 6.04 Å². The number of rotatable bonds is 3. The number of pyridine rings is 1. The predicted octanol–water partition coefficient (Wildman–Crippen LogP) is 2.21. The van der Waals surface area contributed by atoms with Crippen LogP contribution in [0.4, 0.5) is 4.39 Å². The number of aromatic nitrogens is 1. The van der Waals surface area contributed by atoms with Gasteiger partial charge in [-0.05, 0) is 44.4 Å². The van der Waals surface area contributed by atoms with Crippen LogP contribution in [-0.4, -0.2) is 22.7 Å². The highest BCUT2D eigenvalue weighted by Gasteiger charge is 2.37. The number of halogens is 1. The van der Waals surface area contributed by atoms with Crippen LogP contribution in [0.25, 0.3) is 0 Å². The molecule has 100 valence electrons. The van der Waals surface area contributed by atoms with Gasteiger partial charge in [0.25, 0.3) is 0 Å². The van der Waals surface area contributed by atoms with Crippen molar-refractivity contribution >= 4 is 0 Å². The van der Waals surface area contributed by atoms with Gasteiger partial charge in [0.2, 0.25) is 0 Å². The minimum absolute atomic E-state index is 0.0193. The Morgan fingerprint density at radius 3 is 2.94 bits per heavy atom. The van der Waals surface area contributed by atoms with E-state index in [1.807, 2.05) is 0 Å². The fourth-order valence-electron chi connectivity index (χ4n) is 2.65. The molecule has 1 aliphatic heterocycles. The van der Waals surface area contributed by atoms with E-state index in [0.717, 1.165) is 32.0 Å². The van der Waals surface area contributed by atoms with E-state index in [4.69, 9.17) is 0 Å². The number of aliphatic hydroxyl groups is 1. The van der Waals surface area contributed by atoms with E-state index in [2.05, 4.69) is 17.2 Å². The predicted molar refractivity (Wildman–Crippen MR) is 68.6 cm³/mol. The van der Waals surface area contributed by atoms with E-state index in [9.17, 15) is 9.50 Å². The fraction of sp³-hybridized carbons (Fsp3) is 0.643. The van der Waals surface area contributed by atoms with E-state index in [1.54, 1.807) is 13.0 Å². The summed E-state index contributed by atoms with van der Waals surface area (Å²) in [6, 6.07) is 2.89. The van der Waals surface area contributed by atoms with Crippen molar-refractivity contribution in [1.82, 2.24) is 10.3 Å². The first-order chi connectivity index (χ1) is 8.54. The third kappa shape index (κ3) is 2.70. The molecule has 0 aliphatic carbocycles. The van der Waals surface area contributed by atoms with Gasteiger partial charge in [0.05, 0.1) is 11.9 Å². The number of hydrogen-bond acceptors (Lipinski definition) is 3. The van der Waals surface area contributed by atoms with E-state index in [1.165, 1.54) is 6.07 Å². The molecule has 1 fully saturated rings. The molecule has 0 bridgehead atoms. The monoisotopic (exact) mass is 252 g/mol. The van der Waals surface area contributed by atoms with Crippen LogP contribution in [0, 0.1) is 11.7 Å². The zero-order chi connectivity index (χ0) is 13.2. The highest BCUT2D eigenvalue weighted by molar-refractivity contribution is 5.16. The molecule has 0 saturated carbocycles. The summed E-state index contributed by atoms with van der Waals surface area (Å²) in [5, 5.41) is 14.0. The third-order valence-electron chi connectivity index (χ3n) is 4.01. The number of hydrogen-bond donors (Lipinski definition) is 2. The fourth-order valence-corrected chi connectivity index (χ4v) is 2.65. The molecule has 1 aromatic rings. The van der Waals surface area contributed by atoms with Crippen LogP contribution < -0.4 is 5.32 Å². The van der Waals surface area contributed by atoms with Gasteiger partial charge >= 0.3 is 0 Å². The Labute approximate surface area is 107 Å². The summed E-state index contributed by atoms with van der Waals surface area (Å²) in [4.78, 5) is 4.01. The summed E-state index contributed by atoms with van der Waals surface area (Å²) < 4.78 is 12.9. The van der Waals surface area contributed by atoms with Crippen molar-refractivity contribution in [3.05, 3.63) is 29.8 Å². The van der Waals surface area contributed by atoms with Crippen molar-refractivity contribution in [3.63, 3.8) is 0 Å². The van der Waals surface area contributed by atoms with Gasteiger partial charge in [0.1, 0.15) is 11.4 Å². The molecule has 1 aliphatic rings. The van der Waals surface area contributed by atoms with Crippen LogP contribution in [0.5, 0.6) is 0 Å². The molecule has 0 radical (unpaired) electrons. The first kappa shape index (κ1) is 13.4. The summed E-state index contributed by atoms with van der Waals surface area (Å²) in [5.41, 5.74) is -0.528. The maximum atomic E-state index is 12.9. The molecule has 3 unspecified atom stereocenters. The lowest BCUT2D eigenvalue weighted by Crippen LogP contribution is -2.51. The molecular weight excluding hydrogens is 231 g/mol. The summed E-state index contributed by atoms with van der Waals surface area (Å²) >= 11 is 0. The Morgan fingerprint density at radius 2 is 2.33 bits per heavy atom. The zero-order valence-electron chi connectivity index (χ0n) is 11.0. The van der Waals surface area contributed by atoms with E-state index in [0.29, 0.717) is 11.6 Å². The first-order valence-electron chi connectivity index (χ1n) is 6.61. The Kier molecular flexibility index (Phi) is 3.97. The van der Waals surface area contributed by atoms with E-state index >= 15 is 0 Å². The lowest BCUT2D eigenvalue weighted by Gasteiger charge is -2.39. The van der Waals surface area contributed by atoms with E-state index < -0.39 is 5.60 Å². The molecule has 2 N–H and O–H groups in total. The maximum Gasteiger partial charge on any atom is 0.141 e.